The Balaban J connectivity index is 1.37. The largest absolute Gasteiger partial charge is 0.497 e. The first-order valence-corrected chi connectivity index (χ1v) is 11.3. The molecule has 0 atom stereocenters. The maximum atomic E-state index is 12.8. The van der Waals surface area contributed by atoms with Crippen LogP contribution in [0.15, 0.2) is 51.8 Å². The van der Waals surface area contributed by atoms with Crippen LogP contribution in [-0.2, 0) is 10.0 Å². The molecule has 1 fully saturated rings. The second kappa shape index (κ2) is 8.53. The number of hydrogen-bond donors (Lipinski definition) is 1. The standard InChI is InChI=1S/C21H25N3O5S/c1-27-16-7-8-19(28-2)20(13-16)30(25,26)22-14-15-9-11-24(12-10-15)21-23-17-5-3-4-6-18(17)29-21/h3-8,13,15,22H,9-12,14H2,1-2H3. The zero-order valence-corrected chi connectivity index (χ0v) is 17.8. The van der Waals surface area contributed by atoms with Gasteiger partial charge in [0.25, 0.3) is 6.01 Å². The van der Waals surface area contributed by atoms with E-state index in [1.807, 2.05) is 24.3 Å². The molecule has 0 saturated carbocycles. The number of rotatable bonds is 7. The molecule has 8 nitrogen and oxygen atoms in total. The van der Waals surface area contributed by atoms with Crippen molar-refractivity contribution in [1.29, 1.82) is 0 Å². The summed E-state index contributed by atoms with van der Waals surface area (Å²) in [6, 6.07) is 13.0. The van der Waals surface area contributed by atoms with Crippen molar-refractivity contribution in [2.24, 2.45) is 5.92 Å². The van der Waals surface area contributed by atoms with E-state index in [0.717, 1.165) is 37.0 Å². The Labute approximate surface area is 175 Å². The SMILES string of the molecule is COc1ccc(OC)c(S(=O)(=O)NCC2CCN(c3nc4ccccc4o3)CC2)c1. The highest BCUT2D eigenvalue weighted by Crippen LogP contribution is 2.29. The molecule has 0 radical (unpaired) electrons. The highest BCUT2D eigenvalue weighted by atomic mass is 32.2. The van der Waals surface area contributed by atoms with Crippen molar-refractivity contribution in [1.82, 2.24) is 9.71 Å². The average Bonchev–Trinajstić information content (AvgIpc) is 3.22. The predicted octanol–water partition coefficient (Wildman–Crippen LogP) is 3.04. The van der Waals surface area contributed by atoms with Crippen molar-refractivity contribution < 1.29 is 22.3 Å². The van der Waals surface area contributed by atoms with Crippen molar-refractivity contribution in [2.75, 3.05) is 38.8 Å². The van der Waals surface area contributed by atoms with Crippen LogP contribution in [0.5, 0.6) is 11.5 Å². The molecule has 0 spiro atoms. The summed E-state index contributed by atoms with van der Waals surface area (Å²) in [4.78, 5) is 6.73. The van der Waals surface area contributed by atoms with E-state index in [1.54, 1.807) is 12.1 Å². The van der Waals surface area contributed by atoms with E-state index in [4.69, 9.17) is 13.9 Å². The molecule has 2 aromatic carbocycles. The zero-order chi connectivity index (χ0) is 21.1. The van der Waals surface area contributed by atoms with Crippen LogP contribution < -0.4 is 19.1 Å². The van der Waals surface area contributed by atoms with Gasteiger partial charge in [0.15, 0.2) is 5.58 Å². The number of nitrogens with one attached hydrogen (secondary N) is 1. The lowest BCUT2D eigenvalue weighted by Crippen LogP contribution is -2.38. The lowest BCUT2D eigenvalue weighted by Gasteiger charge is -2.30. The number of fused-ring (bicyclic) bond motifs is 1. The van der Waals surface area contributed by atoms with Crippen LogP contribution in [0.25, 0.3) is 11.1 Å². The lowest BCUT2D eigenvalue weighted by atomic mass is 9.97. The summed E-state index contributed by atoms with van der Waals surface area (Å²) >= 11 is 0. The number of oxazole rings is 1. The highest BCUT2D eigenvalue weighted by molar-refractivity contribution is 7.89. The smallest absolute Gasteiger partial charge is 0.298 e. The average molecular weight is 432 g/mol. The Morgan fingerprint density at radius 3 is 2.60 bits per heavy atom. The van der Waals surface area contributed by atoms with Gasteiger partial charge in [0.05, 0.1) is 14.2 Å². The van der Waals surface area contributed by atoms with Gasteiger partial charge >= 0.3 is 0 Å². The molecular formula is C21H25N3O5S. The third-order valence-corrected chi connectivity index (χ3v) is 6.83. The van der Waals surface area contributed by atoms with Gasteiger partial charge in [0.1, 0.15) is 21.9 Å². The van der Waals surface area contributed by atoms with E-state index >= 15 is 0 Å². The summed E-state index contributed by atoms with van der Waals surface area (Å²) in [6.07, 6.45) is 1.69. The van der Waals surface area contributed by atoms with Crippen molar-refractivity contribution >= 4 is 27.1 Å². The maximum absolute atomic E-state index is 12.8. The van der Waals surface area contributed by atoms with Crippen LogP contribution in [0.2, 0.25) is 0 Å². The number of para-hydroxylation sites is 2. The summed E-state index contributed by atoms with van der Waals surface area (Å²) in [5.41, 5.74) is 1.62. The molecule has 1 saturated heterocycles. The minimum absolute atomic E-state index is 0.0771. The van der Waals surface area contributed by atoms with E-state index in [0.29, 0.717) is 18.3 Å². The van der Waals surface area contributed by atoms with Crippen LogP contribution >= 0.6 is 0 Å². The first kappa shape index (κ1) is 20.5. The summed E-state index contributed by atoms with van der Waals surface area (Å²) < 4.78 is 44.6. The lowest BCUT2D eigenvalue weighted by molar-refractivity contribution is 0.383. The van der Waals surface area contributed by atoms with E-state index < -0.39 is 10.0 Å². The van der Waals surface area contributed by atoms with Gasteiger partial charge in [-0.15, -0.1) is 0 Å². The zero-order valence-electron chi connectivity index (χ0n) is 17.0. The van der Waals surface area contributed by atoms with Gasteiger partial charge in [0, 0.05) is 25.7 Å². The van der Waals surface area contributed by atoms with Gasteiger partial charge in [-0.2, -0.15) is 4.98 Å². The van der Waals surface area contributed by atoms with Crippen LogP contribution in [0.1, 0.15) is 12.8 Å². The van der Waals surface area contributed by atoms with E-state index in [9.17, 15) is 8.42 Å². The molecule has 0 bridgehead atoms. The number of nitrogens with zero attached hydrogens (tertiary/aromatic N) is 2. The first-order valence-electron chi connectivity index (χ1n) is 9.82. The van der Waals surface area contributed by atoms with Gasteiger partial charge in [-0.05, 0) is 43.0 Å². The van der Waals surface area contributed by atoms with Crippen LogP contribution in [0.4, 0.5) is 6.01 Å². The number of benzene rings is 2. The van der Waals surface area contributed by atoms with E-state index in [-0.39, 0.29) is 16.6 Å². The Morgan fingerprint density at radius 2 is 1.90 bits per heavy atom. The molecule has 0 aliphatic carbocycles. The molecule has 30 heavy (non-hydrogen) atoms. The minimum atomic E-state index is -3.72. The summed E-state index contributed by atoms with van der Waals surface area (Å²) in [5.74, 6) is 0.980. The summed E-state index contributed by atoms with van der Waals surface area (Å²) in [7, 11) is -0.774. The number of piperidine rings is 1. The second-order valence-corrected chi connectivity index (χ2v) is 9.00. The third-order valence-electron chi connectivity index (χ3n) is 5.39. The van der Waals surface area contributed by atoms with Crippen LogP contribution in [0.3, 0.4) is 0 Å². The number of aromatic nitrogens is 1. The molecule has 2 heterocycles. The molecule has 1 N–H and O–H groups in total. The van der Waals surface area contributed by atoms with E-state index in [1.165, 1.54) is 20.3 Å². The van der Waals surface area contributed by atoms with Gasteiger partial charge in [0.2, 0.25) is 10.0 Å². The predicted molar refractivity (Wildman–Crippen MR) is 114 cm³/mol. The van der Waals surface area contributed by atoms with Crippen LogP contribution in [0, 0.1) is 5.92 Å². The molecule has 3 aromatic rings. The Kier molecular flexibility index (Phi) is 5.83. The first-order chi connectivity index (χ1) is 14.5. The molecule has 1 aromatic heterocycles. The fourth-order valence-electron chi connectivity index (χ4n) is 3.62. The van der Waals surface area contributed by atoms with Crippen molar-refractivity contribution in [3.8, 4) is 11.5 Å². The van der Waals surface area contributed by atoms with Gasteiger partial charge < -0.3 is 18.8 Å². The van der Waals surface area contributed by atoms with Crippen LogP contribution in [-0.4, -0.2) is 47.3 Å². The van der Waals surface area contributed by atoms with Gasteiger partial charge in [-0.1, -0.05) is 12.1 Å². The number of methoxy groups -OCH3 is 2. The van der Waals surface area contributed by atoms with Gasteiger partial charge in [-0.25, -0.2) is 13.1 Å². The highest BCUT2D eigenvalue weighted by Gasteiger charge is 2.26. The van der Waals surface area contributed by atoms with E-state index in [2.05, 4.69) is 14.6 Å². The molecular weight excluding hydrogens is 406 g/mol. The number of hydrogen-bond acceptors (Lipinski definition) is 7. The topological polar surface area (TPSA) is 93.9 Å². The summed E-state index contributed by atoms with van der Waals surface area (Å²) in [5, 5.41) is 0. The quantitative estimate of drug-likeness (QED) is 0.614. The molecule has 4 rings (SSSR count). The number of anilines is 1. The molecule has 0 amide bonds. The van der Waals surface area contributed by atoms with Crippen molar-refractivity contribution in [3.05, 3.63) is 42.5 Å². The molecule has 9 heteroatoms. The number of ether oxygens (including phenoxy) is 2. The number of sulfonamides is 1. The third kappa shape index (κ3) is 4.22. The molecule has 1 aliphatic heterocycles. The van der Waals surface area contributed by atoms with Crippen molar-refractivity contribution in [3.63, 3.8) is 0 Å². The van der Waals surface area contributed by atoms with Gasteiger partial charge in [-0.3, -0.25) is 0 Å². The molecule has 1 aliphatic rings. The molecule has 160 valence electrons. The minimum Gasteiger partial charge on any atom is -0.497 e. The van der Waals surface area contributed by atoms with Crippen molar-refractivity contribution in [2.45, 2.75) is 17.7 Å². The maximum Gasteiger partial charge on any atom is 0.298 e. The normalized spacial score (nSPS) is 15.5. The Hall–Kier alpha value is -2.78. The fraction of sp³-hybridized carbons (Fsp3) is 0.381. The summed E-state index contributed by atoms with van der Waals surface area (Å²) in [6.45, 7) is 1.90. The second-order valence-electron chi connectivity index (χ2n) is 7.26. The monoisotopic (exact) mass is 431 g/mol. The fourth-order valence-corrected chi connectivity index (χ4v) is 4.92. The molecule has 0 unspecified atom stereocenters. The Morgan fingerprint density at radius 1 is 1.13 bits per heavy atom. The Bertz CT molecular complexity index is 1090.